The van der Waals surface area contributed by atoms with Gasteiger partial charge in [0.15, 0.2) is 17.6 Å². The zero-order valence-corrected chi connectivity index (χ0v) is 14.6. The lowest BCUT2D eigenvalue weighted by atomic mass is 10.0. The summed E-state index contributed by atoms with van der Waals surface area (Å²) in [6, 6.07) is 15.5. The highest BCUT2D eigenvalue weighted by atomic mass is 16.6. The Labute approximate surface area is 152 Å². The second kappa shape index (κ2) is 7.07. The van der Waals surface area contributed by atoms with Crippen molar-refractivity contribution >= 4 is 11.6 Å². The average molecular weight is 352 g/mol. The van der Waals surface area contributed by atoms with Gasteiger partial charge in [0.2, 0.25) is 0 Å². The summed E-state index contributed by atoms with van der Waals surface area (Å²) in [6.07, 6.45) is 0.284. The predicted molar refractivity (Wildman–Crippen MR) is 96.2 cm³/mol. The lowest BCUT2D eigenvalue weighted by Gasteiger charge is -2.21. The second-order valence-corrected chi connectivity index (χ2v) is 6.39. The number of hydrogen-bond donors (Lipinski definition) is 0. The molecule has 2 aliphatic rings. The van der Waals surface area contributed by atoms with Crippen LogP contribution in [0.2, 0.25) is 0 Å². The Balaban J connectivity index is 1.39. The zero-order chi connectivity index (χ0) is 17.9. The first-order valence-corrected chi connectivity index (χ1v) is 8.62. The summed E-state index contributed by atoms with van der Waals surface area (Å²) in [5.74, 6) is 1.34. The van der Waals surface area contributed by atoms with Gasteiger partial charge >= 0.3 is 0 Å². The van der Waals surface area contributed by atoms with E-state index >= 15 is 0 Å². The molecule has 2 aromatic carbocycles. The number of oxime groups is 1. The molecule has 2 aliphatic heterocycles. The van der Waals surface area contributed by atoms with E-state index in [1.165, 1.54) is 0 Å². The molecular formula is C20H20N2O4. The van der Waals surface area contributed by atoms with Crippen LogP contribution in [0.3, 0.4) is 0 Å². The normalized spacial score (nSPS) is 18.0. The molecule has 1 atom stereocenters. The van der Waals surface area contributed by atoms with Gasteiger partial charge in [-0.1, -0.05) is 41.6 Å². The van der Waals surface area contributed by atoms with Gasteiger partial charge in [0.05, 0.1) is 0 Å². The van der Waals surface area contributed by atoms with Crippen LogP contribution in [0.5, 0.6) is 11.5 Å². The van der Waals surface area contributed by atoms with Crippen LogP contribution in [0.15, 0.2) is 53.7 Å². The summed E-state index contributed by atoms with van der Waals surface area (Å²) >= 11 is 0. The van der Waals surface area contributed by atoms with Gasteiger partial charge < -0.3 is 19.2 Å². The topological polar surface area (TPSA) is 60.4 Å². The van der Waals surface area contributed by atoms with E-state index < -0.39 is 0 Å². The Kier molecular flexibility index (Phi) is 4.48. The molecule has 6 nitrogen and oxygen atoms in total. The highest BCUT2D eigenvalue weighted by Crippen LogP contribution is 2.31. The first-order chi connectivity index (χ1) is 12.7. The molecule has 0 N–H and O–H groups in total. The average Bonchev–Trinajstić information content (AvgIpc) is 3.18. The molecule has 6 heteroatoms. The molecule has 134 valence electrons. The summed E-state index contributed by atoms with van der Waals surface area (Å²) in [5.41, 5.74) is 2.44. The second-order valence-electron chi connectivity index (χ2n) is 6.39. The molecule has 2 aromatic rings. The van der Waals surface area contributed by atoms with Crippen LogP contribution in [-0.2, 0) is 16.2 Å². The van der Waals surface area contributed by atoms with Crippen LogP contribution in [0, 0.1) is 0 Å². The van der Waals surface area contributed by atoms with Crippen molar-refractivity contribution in [2.45, 2.75) is 19.1 Å². The van der Waals surface area contributed by atoms with Crippen molar-refractivity contribution in [1.29, 1.82) is 0 Å². The largest absolute Gasteiger partial charge is 0.486 e. The van der Waals surface area contributed by atoms with E-state index in [-0.39, 0.29) is 12.0 Å². The molecule has 0 fully saturated rings. The molecular weight excluding hydrogens is 332 g/mol. The molecule has 0 unspecified atom stereocenters. The lowest BCUT2D eigenvalue weighted by molar-refractivity contribution is -0.123. The first-order valence-electron chi connectivity index (χ1n) is 8.62. The van der Waals surface area contributed by atoms with Crippen LogP contribution in [0.1, 0.15) is 23.7 Å². The fourth-order valence-electron chi connectivity index (χ4n) is 3.10. The Bertz CT molecular complexity index is 835. The van der Waals surface area contributed by atoms with Crippen molar-refractivity contribution in [2.24, 2.45) is 5.16 Å². The van der Waals surface area contributed by atoms with E-state index in [0.717, 1.165) is 22.6 Å². The molecule has 4 rings (SSSR count). The van der Waals surface area contributed by atoms with Crippen molar-refractivity contribution in [3.05, 3.63) is 59.7 Å². The van der Waals surface area contributed by atoms with E-state index in [1.807, 2.05) is 48.5 Å². The van der Waals surface area contributed by atoms with Gasteiger partial charge in [0, 0.05) is 20.0 Å². The summed E-state index contributed by atoms with van der Waals surface area (Å²) in [5, 5.41) is 4.01. The Morgan fingerprint density at radius 1 is 1.12 bits per heavy atom. The Morgan fingerprint density at radius 3 is 2.69 bits per heavy atom. The van der Waals surface area contributed by atoms with Crippen LogP contribution in [0.4, 0.5) is 0 Å². The maximum absolute atomic E-state index is 12.7. The molecule has 2 heterocycles. The third-order valence-electron chi connectivity index (χ3n) is 4.46. The van der Waals surface area contributed by atoms with Crippen molar-refractivity contribution in [3.8, 4) is 11.5 Å². The van der Waals surface area contributed by atoms with Crippen molar-refractivity contribution in [3.63, 3.8) is 0 Å². The lowest BCUT2D eigenvalue weighted by Crippen LogP contribution is -2.32. The van der Waals surface area contributed by atoms with Crippen LogP contribution in [0.25, 0.3) is 0 Å². The number of carbonyl (C=O) groups is 1. The van der Waals surface area contributed by atoms with Gasteiger partial charge in [0.1, 0.15) is 18.9 Å². The number of ether oxygens (including phenoxy) is 2. The molecule has 26 heavy (non-hydrogen) atoms. The molecule has 0 bridgehead atoms. The summed E-state index contributed by atoms with van der Waals surface area (Å²) in [6.45, 7) is 1.57. The van der Waals surface area contributed by atoms with Crippen molar-refractivity contribution in [1.82, 2.24) is 4.90 Å². The number of benzene rings is 2. The van der Waals surface area contributed by atoms with E-state index in [1.54, 1.807) is 11.9 Å². The number of carbonyl (C=O) groups excluding carboxylic acids is 1. The predicted octanol–water partition coefficient (Wildman–Crippen LogP) is 2.93. The summed E-state index contributed by atoms with van der Waals surface area (Å²) in [4.78, 5) is 19.8. The number of nitrogens with zero attached hydrogens (tertiary/aromatic N) is 2. The van der Waals surface area contributed by atoms with Gasteiger partial charge in [0.25, 0.3) is 5.91 Å². The van der Waals surface area contributed by atoms with Crippen LogP contribution < -0.4 is 9.47 Å². The minimum atomic E-state index is -0.196. The standard InChI is InChI=1S/C20H20N2O4/c1-22(13-14-7-8-17-19(11-14)25-10-9-24-17)20(23)16-12-18(26-21-16)15-5-3-2-4-6-15/h2-8,11,18H,9-10,12-13H2,1H3/t18-/m1/s1. The van der Waals surface area contributed by atoms with E-state index in [4.69, 9.17) is 14.3 Å². The van der Waals surface area contributed by atoms with E-state index in [2.05, 4.69) is 5.16 Å². The maximum atomic E-state index is 12.7. The van der Waals surface area contributed by atoms with E-state index in [9.17, 15) is 4.79 Å². The number of amides is 1. The smallest absolute Gasteiger partial charge is 0.271 e. The van der Waals surface area contributed by atoms with Crippen molar-refractivity contribution < 1.29 is 19.1 Å². The zero-order valence-electron chi connectivity index (χ0n) is 14.6. The van der Waals surface area contributed by atoms with Gasteiger partial charge in [-0.25, -0.2) is 0 Å². The molecule has 0 aromatic heterocycles. The third-order valence-corrected chi connectivity index (χ3v) is 4.46. The Morgan fingerprint density at radius 2 is 1.88 bits per heavy atom. The SMILES string of the molecule is CN(Cc1ccc2c(c1)OCCO2)C(=O)C1=NO[C@@H](c2ccccc2)C1. The van der Waals surface area contributed by atoms with E-state index in [0.29, 0.717) is 31.9 Å². The fraction of sp³-hybridized carbons (Fsp3) is 0.300. The summed E-state index contributed by atoms with van der Waals surface area (Å²) in [7, 11) is 1.76. The number of hydrogen-bond acceptors (Lipinski definition) is 5. The minimum Gasteiger partial charge on any atom is -0.486 e. The number of fused-ring (bicyclic) bond motifs is 1. The van der Waals surface area contributed by atoms with Gasteiger partial charge in [-0.3, -0.25) is 4.79 Å². The highest BCUT2D eigenvalue weighted by Gasteiger charge is 2.29. The fourth-order valence-corrected chi connectivity index (χ4v) is 3.10. The molecule has 0 saturated carbocycles. The van der Waals surface area contributed by atoms with Gasteiger partial charge in [-0.2, -0.15) is 0 Å². The molecule has 0 saturated heterocycles. The first kappa shape index (κ1) is 16.4. The molecule has 0 aliphatic carbocycles. The quantitative estimate of drug-likeness (QED) is 0.849. The van der Waals surface area contributed by atoms with Crippen LogP contribution in [-0.4, -0.2) is 36.8 Å². The summed E-state index contributed by atoms with van der Waals surface area (Å²) < 4.78 is 11.1. The van der Waals surface area contributed by atoms with Gasteiger partial charge in [-0.05, 0) is 23.3 Å². The molecule has 0 radical (unpaired) electrons. The van der Waals surface area contributed by atoms with Crippen LogP contribution >= 0.6 is 0 Å². The maximum Gasteiger partial charge on any atom is 0.271 e. The molecule has 1 amide bonds. The Hall–Kier alpha value is -3.02. The number of rotatable bonds is 4. The highest BCUT2D eigenvalue weighted by molar-refractivity contribution is 6.38. The third kappa shape index (κ3) is 3.35. The minimum absolute atomic E-state index is 0.127. The monoisotopic (exact) mass is 352 g/mol. The van der Waals surface area contributed by atoms with Gasteiger partial charge in [-0.15, -0.1) is 0 Å². The molecule has 0 spiro atoms. The van der Waals surface area contributed by atoms with Crippen molar-refractivity contribution in [2.75, 3.05) is 20.3 Å².